The van der Waals surface area contributed by atoms with Crippen LogP contribution in [0.1, 0.15) is 24.4 Å². The number of carbonyl (C=O) groups is 1. The van der Waals surface area contributed by atoms with Gasteiger partial charge in [-0.2, -0.15) is 5.26 Å². The van der Waals surface area contributed by atoms with Crippen LogP contribution >= 0.6 is 0 Å². The van der Waals surface area contributed by atoms with Crippen molar-refractivity contribution in [3.63, 3.8) is 0 Å². The lowest BCUT2D eigenvalue weighted by molar-refractivity contribution is -0.123. The van der Waals surface area contributed by atoms with Gasteiger partial charge in [-0.05, 0) is 31.0 Å². The van der Waals surface area contributed by atoms with Crippen LogP contribution in [0.15, 0.2) is 54.6 Å². The Morgan fingerprint density at radius 3 is 2.69 bits per heavy atom. The minimum atomic E-state index is -0.321. The van der Waals surface area contributed by atoms with Gasteiger partial charge in [0.15, 0.2) is 6.19 Å². The van der Waals surface area contributed by atoms with E-state index in [1.54, 1.807) is 4.90 Å². The van der Waals surface area contributed by atoms with Crippen molar-refractivity contribution in [2.75, 3.05) is 6.54 Å². The highest BCUT2D eigenvalue weighted by molar-refractivity contribution is 5.82. The number of carbonyl (C=O) groups excluding carboxylic acids is 1. The van der Waals surface area contributed by atoms with E-state index in [0.717, 1.165) is 23.5 Å². The van der Waals surface area contributed by atoms with Gasteiger partial charge in [0.25, 0.3) is 0 Å². The second-order valence-corrected chi connectivity index (χ2v) is 7.92. The fourth-order valence-corrected chi connectivity index (χ4v) is 4.43. The Morgan fingerprint density at radius 1 is 1.10 bits per heavy atom. The first-order valence-corrected chi connectivity index (χ1v) is 10.0. The lowest BCUT2D eigenvalue weighted by Gasteiger charge is -2.19. The maximum atomic E-state index is 12.8. The van der Waals surface area contributed by atoms with Crippen LogP contribution in [0.25, 0.3) is 0 Å². The predicted molar refractivity (Wildman–Crippen MR) is 107 cm³/mol. The van der Waals surface area contributed by atoms with E-state index >= 15 is 0 Å². The van der Waals surface area contributed by atoms with E-state index in [2.05, 4.69) is 22.4 Å². The average molecular weight is 389 g/mol. The molecule has 1 amide bonds. The maximum absolute atomic E-state index is 12.8. The lowest BCUT2D eigenvalue weighted by atomic mass is 10.0. The van der Waals surface area contributed by atoms with E-state index in [9.17, 15) is 4.79 Å². The standard InChI is InChI=1S/C22H23N5O2/c23-13-27-12-19(16-10-20(16)27)24-22(28)18-11-17(25-26-18)15-8-4-5-9-21(15)29-14-6-2-1-3-7-14/h1-9,16-20,25-26H,10-12H2,(H,24,28)/t16-,17?,18?,19-,20-/m1/s1. The fourth-order valence-electron chi connectivity index (χ4n) is 4.43. The highest BCUT2D eigenvalue weighted by Gasteiger charge is 2.54. The summed E-state index contributed by atoms with van der Waals surface area (Å²) >= 11 is 0. The minimum Gasteiger partial charge on any atom is -0.457 e. The fraction of sp³-hybridized carbons (Fsp3) is 0.364. The van der Waals surface area contributed by atoms with Crippen molar-refractivity contribution in [2.45, 2.75) is 37.0 Å². The van der Waals surface area contributed by atoms with Crippen LogP contribution in [-0.2, 0) is 4.79 Å². The first-order chi connectivity index (χ1) is 14.2. The van der Waals surface area contributed by atoms with Gasteiger partial charge >= 0.3 is 0 Å². The molecule has 2 saturated heterocycles. The minimum absolute atomic E-state index is 0.0168. The van der Waals surface area contributed by atoms with Crippen molar-refractivity contribution < 1.29 is 9.53 Å². The second kappa shape index (κ2) is 7.39. The van der Waals surface area contributed by atoms with Gasteiger partial charge in [-0.25, -0.2) is 10.9 Å². The van der Waals surface area contributed by atoms with Crippen LogP contribution < -0.4 is 20.9 Å². The first-order valence-electron chi connectivity index (χ1n) is 10.0. The van der Waals surface area contributed by atoms with Crippen molar-refractivity contribution in [2.24, 2.45) is 5.92 Å². The van der Waals surface area contributed by atoms with Gasteiger partial charge in [0.2, 0.25) is 5.91 Å². The number of nitrogens with zero attached hydrogens (tertiary/aromatic N) is 2. The van der Waals surface area contributed by atoms with Gasteiger partial charge in [-0.1, -0.05) is 36.4 Å². The lowest BCUT2D eigenvalue weighted by Crippen LogP contribution is -2.48. The molecule has 2 aromatic carbocycles. The smallest absolute Gasteiger partial charge is 0.238 e. The van der Waals surface area contributed by atoms with Gasteiger partial charge in [0.05, 0.1) is 12.1 Å². The molecule has 3 fully saturated rings. The predicted octanol–water partition coefficient (Wildman–Crippen LogP) is 2.06. The van der Waals surface area contributed by atoms with Gasteiger partial charge < -0.3 is 15.0 Å². The Balaban J connectivity index is 1.23. The molecule has 1 saturated carbocycles. The largest absolute Gasteiger partial charge is 0.457 e. The molecular formula is C22H23N5O2. The van der Waals surface area contributed by atoms with Crippen LogP contribution in [0.3, 0.4) is 0 Å². The number of likely N-dealkylation sites (tertiary alicyclic amines) is 1. The molecule has 0 spiro atoms. The van der Waals surface area contributed by atoms with E-state index in [1.807, 2.05) is 54.6 Å². The van der Waals surface area contributed by atoms with Crippen LogP contribution in [0.4, 0.5) is 0 Å². The normalized spacial score (nSPS) is 29.8. The van der Waals surface area contributed by atoms with E-state index < -0.39 is 0 Å². The second-order valence-electron chi connectivity index (χ2n) is 7.92. The molecule has 2 aliphatic heterocycles. The van der Waals surface area contributed by atoms with Crippen molar-refractivity contribution in [3.05, 3.63) is 60.2 Å². The van der Waals surface area contributed by atoms with Crippen LogP contribution in [0, 0.1) is 17.4 Å². The molecule has 0 radical (unpaired) electrons. The summed E-state index contributed by atoms with van der Waals surface area (Å²) in [6.07, 6.45) is 3.85. The molecule has 1 aliphatic carbocycles. The number of ether oxygens (including phenoxy) is 1. The highest BCUT2D eigenvalue weighted by atomic mass is 16.5. The third-order valence-electron chi connectivity index (χ3n) is 6.06. The molecule has 5 rings (SSSR count). The van der Waals surface area contributed by atoms with Gasteiger partial charge in [0.1, 0.15) is 17.5 Å². The van der Waals surface area contributed by atoms with Gasteiger partial charge in [0, 0.05) is 24.1 Å². The molecule has 2 unspecified atom stereocenters. The summed E-state index contributed by atoms with van der Waals surface area (Å²) in [4.78, 5) is 14.6. The van der Waals surface area contributed by atoms with Crippen molar-refractivity contribution in [1.29, 1.82) is 5.26 Å². The summed E-state index contributed by atoms with van der Waals surface area (Å²) < 4.78 is 6.06. The van der Waals surface area contributed by atoms with Crippen LogP contribution in [-0.4, -0.2) is 35.5 Å². The first kappa shape index (κ1) is 18.0. The topological polar surface area (TPSA) is 89.4 Å². The zero-order valence-electron chi connectivity index (χ0n) is 15.9. The third-order valence-corrected chi connectivity index (χ3v) is 6.06. The SMILES string of the molecule is N#CN1C[C@@H](NC(=O)C2CC(c3ccccc3Oc3ccccc3)NN2)[C@H]2C[C@H]21. The summed E-state index contributed by atoms with van der Waals surface area (Å²) in [5, 5.41) is 12.3. The monoisotopic (exact) mass is 389 g/mol. The summed E-state index contributed by atoms with van der Waals surface area (Å²) in [6, 6.07) is 17.6. The summed E-state index contributed by atoms with van der Waals surface area (Å²) in [5.41, 5.74) is 7.38. The molecule has 29 heavy (non-hydrogen) atoms. The Labute approximate surface area is 169 Å². The number of fused-ring (bicyclic) bond motifs is 1. The number of amides is 1. The molecule has 2 aromatic rings. The van der Waals surface area contributed by atoms with E-state index in [0.29, 0.717) is 24.9 Å². The molecule has 7 nitrogen and oxygen atoms in total. The molecule has 0 aromatic heterocycles. The van der Waals surface area contributed by atoms with Gasteiger partial charge in [-0.3, -0.25) is 4.79 Å². The van der Waals surface area contributed by atoms with Crippen LogP contribution in [0.5, 0.6) is 11.5 Å². The Morgan fingerprint density at radius 2 is 1.90 bits per heavy atom. The van der Waals surface area contributed by atoms with Gasteiger partial charge in [-0.15, -0.1) is 0 Å². The molecule has 0 bridgehead atoms. The Bertz CT molecular complexity index is 944. The number of nitriles is 1. The number of para-hydroxylation sites is 2. The number of rotatable bonds is 5. The molecule has 7 heteroatoms. The quantitative estimate of drug-likeness (QED) is 0.679. The maximum Gasteiger partial charge on any atom is 0.238 e. The number of hydrogen-bond donors (Lipinski definition) is 3. The summed E-state index contributed by atoms with van der Waals surface area (Å²) in [5.74, 6) is 1.96. The van der Waals surface area contributed by atoms with Crippen molar-refractivity contribution in [3.8, 4) is 17.7 Å². The van der Waals surface area contributed by atoms with E-state index in [4.69, 9.17) is 10.00 Å². The molecule has 148 valence electrons. The molecule has 3 N–H and O–H groups in total. The number of hydrogen-bond acceptors (Lipinski definition) is 6. The molecule has 2 heterocycles. The van der Waals surface area contributed by atoms with E-state index in [-0.39, 0.29) is 24.0 Å². The van der Waals surface area contributed by atoms with Crippen molar-refractivity contribution in [1.82, 2.24) is 21.1 Å². The zero-order chi connectivity index (χ0) is 19.8. The average Bonchev–Trinajstić information content (AvgIpc) is 3.25. The zero-order valence-corrected chi connectivity index (χ0v) is 15.9. The summed E-state index contributed by atoms with van der Waals surface area (Å²) in [7, 11) is 0. The highest BCUT2D eigenvalue weighted by Crippen LogP contribution is 2.44. The number of nitrogens with one attached hydrogen (secondary N) is 3. The number of hydrazine groups is 1. The van der Waals surface area contributed by atoms with E-state index in [1.165, 1.54) is 0 Å². The van der Waals surface area contributed by atoms with Crippen LogP contribution in [0.2, 0.25) is 0 Å². The Hall–Kier alpha value is -3.08. The number of benzene rings is 2. The molecule has 3 aliphatic rings. The Kier molecular flexibility index (Phi) is 4.58. The molecule has 5 atom stereocenters. The number of piperidine rings is 1. The third kappa shape index (κ3) is 3.53. The summed E-state index contributed by atoms with van der Waals surface area (Å²) in [6.45, 7) is 0.620. The molecular weight excluding hydrogens is 366 g/mol. The van der Waals surface area contributed by atoms with Crippen molar-refractivity contribution >= 4 is 5.91 Å².